The highest BCUT2D eigenvalue weighted by Crippen LogP contribution is 2.32. The van der Waals surface area contributed by atoms with Crippen molar-refractivity contribution in [2.24, 2.45) is 7.05 Å². The third kappa shape index (κ3) is 2.56. The van der Waals surface area contributed by atoms with Gasteiger partial charge in [-0.1, -0.05) is 22.9 Å². The molecule has 0 atom stereocenters. The zero-order valence-electron chi connectivity index (χ0n) is 10.7. The van der Waals surface area contributed by atoms with Gasteiger partial charge in [-0.3, -0.25) is 4.68 Å². The van der Waals surface area contributed by atoms with Crippen LogP contribution in [-0.2, 0) is 13.6 Å². The Morgan fingerprint density at radius 1 is 1.39 bits per heavy atom. The highest BCUT2D eigenvalue weighted by Gasteiger charge is 2.09. The minimum atomic E-state index is 0.657. The lowest BCUT2D eigenvalue weighted by Crippen LogP contribution is -2.13. The summed E-state index contributed by atoms with van der Waals surface area (Å²) in [5, 5.41) is 11.8. The van der Waals surface area contributed by atoms with Gasteiger partial charge in [-0.15, -0.1) is 5.10 Å². The summed E-state index contributed by atoms with van der Waals surface area (Å²) in [7, 11) is 5.81. The number of hydrogen-bond donors (Lipinski definition) is 1. The molecule has 0 unspecified atom stereocenters. The summed E-state index contributed by atoms with van der Waals surface area (Å²) in [4.78, 5) is 1.99. The summed E-state index contributed by atoms with van der Waals surface area (Å²) in [5.74, 6) is 0. The molecule has 2 aromatic rings. The number of aryl methyl sites for hydroxylation is 1. The van der Waals surface area contributed by atoms with E-state index >= 15 is 0 Å². The molecule has 0 aliphatic heterocycles. The first-order chi connectivity index (χ1) is 8.59. The topological polar surface area (TPSA) is 46.0 Å². The number of benzene rings is 1. The molecule has 0 amide bonds. The monoisotopic (exact) mass is 265 g/mol. The second-order valence-corrected chi connectivity index (χ2v) is 4.64. The van der Waals surface area contributed by atoms with Crippen LogP contribution < -0.4 is 10.2 Å². The average molecular weight is 266 g/mol. The zero-order valence-corrected chi connectivity index (χ0v) is 11.4. The third-order valence-electron chi connectivity index (χ3n) is 2.70. The van der Waals surface area contributed by atoms with Crippen molar-refractivity contribution in [2.75, 3.05) is 24.3 Å². The van der Waals surface area contributed by atoms with Crippen molar-refractivity contribution >= 4 is 23.0 Å². The van der Waals surface area contributed by atoms with E-state index in [1.807, 2.05) is 44.2 Å². The van der Waals surface area contributed by atoms with Gasteiger partial charge in [0.1, 0.15) is 0 Å². The molecule has 1 N–H and O–H groups in total. The van der Waals surface area contributed by atoms with Crippen LogP contribution in [0.2, 0.25) is 5.02 Å². The van der Waals surface area contributed by atoms with Gasteiger partial charge < -0.3 is 10.2 Å². The molecule has 0 fully saturated rings. The molecular weight excluding hydrogens is 250 g/mol. The summed E-state index contributed by atoms with van der Waals surface area (Å²) in [5.41, 5.74) is 2.99. The zero-order chi connectivity index (χ0) is 13.1. The number of anilines is 2. The first-order valence-corrected chi connectivity index (χ1v) is 6.00. The predicted octanol–water partition coefficient (Wildman–Crippen LogP) is 2.15. The van der Waals surface area contributed by atoms with Crippen molar-refractivity contribution in [1.29, 1.82) is 0 Å². The predicted molar refractivity (Wildman–Crippen MR) is 74.1 cm³/mol. The Bertz CT molecular complexity index is 535. The Kier molecular flexibility index (Phi) is 3.72. The molecule has 2 rings (SSSR count). The van der Waals surface area contributed by atoms with Gasteiger partial charge in [0.25, 0.3) is 0 Å². The van der Waals surface area contributed by atoms with E-state index in [0.29, 0.717) is 6.54 Å². The Morgan fingerprint density at radius 2 is 2.17 bits per heavy atom. The molecule has 0 saturated heterocycles. The number of nitrogens with zero attached hydrogens (tertiary/aromatic N) is 4. The Hall–Kier alpha value is -1.75. The molecule has 0 spiro atoms. The first kappa shape index (κ1) is 12.7. The lowest BCUT2D eigenvalue weighted by atomic mass is 10.2. The standard InChI is InChI=1S/C12H16ClN5/c1-17(2)12-10(13)5-4-6-11(12)14-7-9-8-15-16-18(9)3/h4-6,8,14H,7H2,1-3H3. The van der Waals surface area contributed by atoms with Gasteiger partial charge in [-0.25, -0.2) is 0 Å². The fourth-order valence-electron chi connectivity index (χ4n) is 1.77. The second-order valence-electron chi connectivity index (χ2n) is 4.23. The molecule has 1 heterocycles. The highest BCUT2D eigenvalue weighted by molar-refractivity contribution is 6.34. The van der Waals surface area contributed by atoms with Gasteiger partial charge in [-0.05, 0) is 12.1 Å². The van der Waals surface area contributed by atoms with E-state index in [0.717, 1.165) is 22.1 Å². The fraction of sp³-hybridized carbons (Fsp3) is 0.333. The summed E-state index contributed by atoms with van der Waals surface area (Å²) in [6.45, 7) is 0.657. The van der Waals surface area contributed by atoms with Crippen LogP contribution in [0.4, 0.5) is 11.4 Å². The number of nitrogens with one attached hydrogen (secondary N) is 1. The van der Waals surface area contributed by atoms with Crippen LogP contribution in [0.5, 0.6) is 0 Å². The molecule has 18 heavy (non-hydrogen) atoms. The number of halogens is 1. The van der Waals surface area contributed by atoms with E-state index in [2.05, 4.69) is 15.6 Å². The number of aromatic nitrogens is 3. The van der Waals surface area contributed by atoms with Gasteiger partial charge in [0.15, 0.2) is 0 Å². The maximum absolute atomic E-state index is 6.20. The van der Waals surface area contributed by atoms with E-state index < -0.39 is 0 Å². The average Bonchev–Trinajstić information content (AvgIpc) is 2.71. The van der Waals surface area contributed by atoms with Gasteiger partial charge in [0, 0.05) is 21.1 Å². The van der Waals surface area contributed by atoms with E-state index in [9.17, 15) is 0 Å². The van der Waals surface area contributed by atoms with Crippen molar-refractivity contribution in [3.05, 3.63) is 35.1 Å². The molecule has 1 aromatic heterocycles. The van der Waals surface area contributed by atoms with Gasteiger partial charge >= 0.3 is 0 Å². The largest absolute Gasteiger partial charge is 0.378 e. The van der Waals surface area contributed by atoms with Crippen molar-refractivity contribution in [1.82, 2.24) is 15.0 Å². The summed E-state index contributed by atoms with van der Waals surface area (Å²) in [6.07, 6.45) is 1.74. The van der Waals surface area contributed by atoms with E-state index in [-0.39, 0.29) is 0 Å². The van der Waals surface area contributed by atoms with E-state index in [1.54, 1.807) is 10.9 Å². The maximum Gasteiger partial charge on any atom is 0.0786 e. The molecule has 1 aromatic carbocycles. The lowest BCUT2D eigenvalue weighted by Gasteiger charge is -2.19. The van der Waals surface area contributed by atoms with Crippen LogP contribution in [-0.4, -0.2) is 29.1 Å². The van der Waals surface area contributed by atoms with Crippen LogP contribution in [0.3, 0.4) is 0 Å². The third-order valence-corrected chi connectivity index (χ3v) is 3.01. The molecule has 0 aliphatic rings. The minimum Gasteiger partial charge on any atom is -0.378 e. The molecule has 0 saturated carbocycles. The molecule has 0 bridgehead atoms. The SMILES string of the molecule is CN(C)c1c(Cl)cccc1NCc1cnnn1C. The Labute approximate surface area is 111 Å². The molecule has 96 valence electrons. The smallest absolute Gasteiger partial charge is 0.0786 e. The fourth-order valence-corrected chi connectivity index (χ4v) is 2.11. The van der Waals surface area contributed by atoms with Crippen molar-refractivity contribution < 1.29 is 0 Å². The number of rotatable bonds is 4. The van der Waals surface area contributed by atoms with E-state index in [4.69, 9.17) is 11.6 Å². The van der Waals surface area contributed by atoms with Crippen molar-refractivity contribution in [3.8, 4) is 0 Å². The maximum atomic E-state index is 6.20. The second kappa shape index (κ2) is 5.27. The normalized spacial score (nSPS) is 10.4. The quantitative estimate of drug-likeness (QED) is 0.920. The van der Waals surface area contributed by atoms with Crippen LogP contribution in [0, 0.1) is 0 Å². The van der Waals surface area contributed by atoms with Gasteiger partial charge in [0.05, 0.1) is 34.8 Å². The van der Waals surface area contributed by atoms with Crippen LogP contribution in [0.25, 0.3) is 0 Å². The first-order valence-electron chi connectivity index (χ1n) is 5.63. The summed E-state index contributed by atoms with van der Waals surface area (Å²) < 4.78 is 1.74. The minimum absolute atomic E-state index is 0.657. The number of hydrogen-bond acceptors (Lipinski definition) is 4. The van der Waals surface area contributed by atoms with Crippen molar-refractivity contribution in [2.45, 2.75) is 6.54 Å². The van der Waals surface area contributed by atoms with Gasteiger partial charge in [-0.2, -0.15) is 0 Å². The summed E-state index contributed by atoms with van der Waals surface area (Å²) >= 11 is 6.20. The molecule has 5 nitrogen and oxygen atoms in total. The highest BCUT2D eigenvalue weighted by atomic mass is 35.5. The number of para-hydroxylation sites is 1. The molecule has 0 radical (unpaired) electrons. The van der Waals surface area contributed by atoms with Gasteiger partial charge in [0.2, 0.25) is 0 Å². The Balaban J connectivity index is 2.19. The molecule has 6 heteroatoms. The lowest BCUT2D eigenvalue weighted by molar-refractivity contribution is 0.683. The van der Waals surface area contributed by atoms with Crippen LogP contribution in [0.15, 0.2) is 24.4 Å². The van der Waals surface area contributed by atoms with Crippen LogP contribution in [0.1, 0.15) is 5.69 Å². The molecule has 0 aliphatic carbocycles. The van der Waals surface area contributed by atoms with E-state index in [1.165, 1.54) is 0 Å². The van der Waals surface area contributed by atoms with Crippen molar-refractivity contribution in [3.63, 3.8) is 0 Å². The summed E-state index contributed by atoms with van der Waals surface area (Å²) in [6, 6.07) is 5.82. The Morgan fingerprint density at radius 3 is 2.78 bits per heavy atom. The molecular formula is C12H16ClN5. The van der Waals surface area contributed by atoms with Crippen LogP contribution >= 0.6 is 11.6 Å².